The van der Waals surface area contributed by atoms with Crippen molar-refractivity contribution in [1.29, 1.82) is 0 Å². The summed E-state index contributed by atoms with van der Waals surface area (Å²) in [6.45, 7) is 1.83. The van der Waals surface area contributed by atoms with E-state index in [0.29, 0.717) is 5.56 Å². The molecule has 0 heterocycles. The summed E-state index contributed by atoms with van der Waals surface area (Å²) in [4.78, 5) is 23.4. The van der Waals surface area contributed by atoms with Crippen LogP contribution in [-0.2, 0) is 0 Å². The smallest absolute Gasteiger partial charge is 0.336 e. The minimum Gasteiger partial charge on any atom is -0.478 e. The molecule has 5 nitrogen and oxygen atoms in total. The standard InChI is InChI=1S/C15H12O3.C2H7NO/c1-10-7-8-12(15(17)18)13(9-10)14(16)11-5-3-2-4-6-11;1-3(2)4/h2-9H,1H3,(H,17,18);4H,1-2H3. The summed E-state index contributed by atoms with van der Waals surface area (Å²) >= 11 is 0. The van der Waals surface area contributed by atoms with Crippen molar-refractivity contribution in [3.63, 3.8) is 0 Å². The molecule has 0 aromatic heterocycles. The van der Waals surface area contributed by atoms with E-state index >= 15 is 0 Å². The monoisotopic (exact) mass is 301 g/mol. The predicted octanol–water partition coefficient (Wildman–Crippen LogP) is 2.86. The number of benzene rings is 2. The van der Waals surface area contributed by atoms with E-state index in [4.69, 9.17) is 10.3 Å². The summed E-state index contributed by atoms with van der Waals surface area (Å²) in [5.41, 5.74) is 1.62. The van der Waals surface area contributed by atoms with Gasteiger partial charge in [-0.1, -0.05) is 42.0 Å². The summed E-state index contributed by atoms with van der Waals surface area (Å²) in [5.74, 6) is -1.36. The third-order valence-corrected chi connectivity index (χ3v) is 2.69. The molecule has 0 saturated heterocycles. The van der Waals surface area contributed by atoms with Gasteiger partial charge in [0.05, 0.1) is 5.56 Å². The fraction of sp³-hybridized carbons (Fsp3) is 0.176. The van der Waals surface area contributed by atoms with E-state index in [1.807, 2.05) is 13.0 Å². The van der Waals surface area contributed by atoms with Crippen LogP contribution in [0.4, 0.5) is 0 Å². The summed E-state index contributed by atoms with van der Waals surface area (Å²) in [6, 6.07) is 13.4. The molecule has 0 aliphatic rings. The lowest BCUT2D eigenvalue weighted by Gasteiger charge is -2.06. The van der Waals surface area contributed by atoms with Crippen LogP contribution in [0.5, 0.6) is 0 Å². The van der Waals surface area contributed by atoms with Gasteiger partial charge in [0.2, 0.25) is 0 Å². The first-order valence-electron chi connectivity index (χ1n) is 6.62. The Bertz CT molecular complexity index is 648. The Morgan fingerprint density at radius 3 is 2.00 bits per heavy atom. The maximum absolute atomic E-state index is 12.3. The predicted molar refractivity (Wildman–Crippen MR) is 83.5 cm³/mol. The average molecular weight is 301 g/mol. The third kappa shape index (κ3) is 5.12. The van der Waals surface area contributed by atoms with Crippen LogP contribution in [0.15, 0.2) is 48.5 Å². The molecule has 0 atom stereocenters. The number of ketones is 1. The molecular weight excluding hydrogens is 282 g/mol. The van der Waals surface area contributed by atoms with Gasteiger partial charge >= 0.3 is 5.97 Å². The quantitative estimate of drug-likeness (QED) is 0.673. The molecule has 2 aromatic rings. The number of nitrogens with zero attached hydrogens (tertiary/aromatic N) is 1. The molecule has 0 aliphatic heterocycles. The molecule has 0 aliphatic carbocycles. The zero-order valence-electron chi connectivity index (χ0n) is 12.8. The lowest BCUT2D eigenvalue weighted by molar-refractivity contribution is -0.0372. The van der Waals surface area contributed by atoms with Crippen LogP contribution in [0.1, 0.15) is 31.8 Å². The number of carboxylic acid groups (broad SMARTS) is 1. The van der Waals surface area contributed by atoms with Crippen molar-refractivity contribution in [1.82, 2.24) is 5.06 Å². The average Bonchev–Trinajstić information content (AvgIpc) is 2.46. The van der Waals surface area contributed by atoms with Crippen LogP contribution in [0.25, 0.3) is 0 Å². The number of aromatic carboxylic acids is 1. The number of hydrogen-bond acceptors (Lipinski definition) is 4. The van der Waals surface area contributed by atoms with E-state index in [2.05, 4.69) is 0 Å². The Labute approximate surface area is 129 Å². The molecule has 0 radical (unpaired) electrons. The zero-order valence-corrected chi connectivity index (χ0v) is 12.8. The number of hydrogen-bond donors (Lipinski definition) is 2. The molecule has 0 amide bonds. The van der Waals surface area contributed by atoms with E-state index in [9.17, 15) is 9.59 Å². The Balaban J connectivity index is 0.000000541. The second-order valence-electron chi connectivity index (χ2n) is 4.90. The summed E-state index contributed by atoms with van der Waals surface area (Å²) in [6.07, 6.45) is 0. The summed E-state index contributed by atoms with van der Waals surface area (Å²) in [5, 5.41) is 18.0. The van der Waals surface area contributed by atoms with Gasteiger partial charge in [-0.25, -0.2) is 4.79 Å². The summed E-state index contributed by atoms with van der Waals surface area (Å²) < 4.78 is 0. The highest BCUT2D eigenvalue weighted by Crippen LogP contribution is 2.16. The second-order valence-corrected chi connectivity index (χ2v) is 4.90. The first-order valence-corrected chi connectivity index (χ1v) is 6.62. The van der Waals surface area contributed by atoms with Crippen LogP contribution in [0, 0.1) is 6.92 Å². The molecule has 22 heavy (non-hydrogen) atoms. The van der Waals surface area contributed by atoms with E-state index in [-0.39, 0.29) is 16.9 Å². The molecular formula is C17H19NO4. The molecule has 116 valence electrons. The highest BCUT2D eigenvalue weighted by Gasteiger charge is 2.17. The van der Waals surface area contributed by atoms with Gasteiger partial charge in [-0.05, 0) is 19.1 Å². The fourth-order valence-corrected chi connectivity index (χ4v) is 1.78. The molecule has 2 rings (SSSR count). The van der Waals surface area contributed by atoms with Crippen molar-refractivity contribution < 1.29 is 19.9 Å². The minimum absolute atomic E-state index is 0.0365. The van der Waals surface area contributed by atoms with Gasteiger partial charge in [-0.2, -0.15) is 5.06 Å². The molecule has 5 heteroatoms. The number of carboxylic acids is 1. The fourth-order valence-electron chi connectivity index (χ4n) is 1.78. The number of carbonyl (C=O) groups excluding carboxylic acids is 1. The van der Waals surface area contributed by atoms with E-state index in [1.165, 1.54) is 6.07 Å². The number of rotatable bonds is 3. The van der Waals surface area contributed by atoms with Crippen molar-refractivity contribution in [2.75, 3.05) is 14.1 Å². The minimum atomic E-state index is -1.09. The number of aryl methyl sites for hydroxylation is 1. The van der Waals surface area contributed by atoms with Crippen LogP contribution in [0.2, 0.25) is 0 Å². The number of carbonyl (C=O) groups is 2. The highest BCUT2D eigenvalue weighted by molar-refractivity contribution is 6.14. The van der Waals surface area contributed by atoms with Gasteiger partial charge in [0.25, 0.3) is 0 Å². The molecule has 2 N–H and O–H groups in total. The second kappa shape index (κ2) is 8.07. The molecule has 2 aromatic carbocycles. The van der Waals surface area contributed by atoms with Crippen molar-refractivity contribution in [3.05, 3.63) is 70.8 Å². The largest absolute Gasteiger partial charge is 0.478 e. The molecule has 0 unspecified atom stereocenters. The van der Waals surface area contributed by atoms with Crippen LogP contribution in [0.3, 0.4) is 0 Å². The summed E-state index contributed by atoms with van der Waals surface area (Å²) in [7, 11) is 3.11. The first kappa shape index (κ1) is 17.6. The van der Waals surface area contributed by atoms with E-state index in [0.717, 1.165) is 10.6 Å². The lowest BCUT2D eigenvalue weighted by Crippen LogP contribution is -2.10. The maximum atomic E-state index is 12.3. The van der Waals surface area contributed by atoms with Crippen molar-refractivity contribution in [2.24, 2.45) is 0 Å². The van der Waals surface area contributed by atoms with Crippen LogP contribution < -0.4 is 0 Å². The molecule has 0 spiro atoms. The molecule has 0 saturated carbocycles. The lowest BCUT2D eigenvalue weighted by atomic mass is 9.96. The Morgan fingerprint density at radius 2 is 1.50 bits per heavy atom. The molecule has 0 bridgehead atoms. The Kier molecular flexibility index (Phi) is 6.44. The third-order valence-electron chi connectivity index (χ3n) is 2.69. The van der Waals surface area contributed by atoms with Gasteiger partial charge in [0.1, 0.15) is 0 Å². The number of hydroxylamine groups is 2. The van der Waals surface area contributed by atoms with Crippen LogP contribution in [-0.4, -0.2) is 41.2 Å². The zero-order chi connectivity index (χ0) is 16.7. The normalized spacial score (nSPS) is 9.86. The van der Waals surface area contributed by atoms with E-state index in [1.54, 1.807) is 50.5 Å². The maximum Gasteiger partial charge on any atom is 0.336 e. The van der Waals surface area contributed by atoms with Crippen molar-refractivity contribution in [3.8, 4) is 0 Å². The Morgan fingerprint density at radius 1 is 0.955 bits per heavy atom. The molecule has 0 fully saturated rings. The van der Waals surface area contributed by atoms with Crippen LogP contribution >= 0.6 is 0 Å². The van der Waals surface area contributed by atoms with E-state index < -0.39 is 5.97 Å². The van der Waals surface area contributed by atoms with Gasteiger partial charge < -0.3 is 10.3 Å². The van der Waals surface area contributed by atoms with Gasteiger partial charge in [-0.3, -0.25) is 4.79 Å². The van der Waals surface area contributed by atoms with Gasteiger partial charge in [0, 0.05) is 25.2 Å². The van der Waals surface area contributed by atoms with Gasteiger partial charge in [0.15, 0.2) is 5.78 Å². The van der Waals surface area contributed by atoms with Crippen molar-refractivity contribution in [2.45, 2.75) is 6.92 Å². The SMILES string of the molecule is CN(C)O.Cc1ccc(C(=O)O)c(C(=O)c2ccccc2)c1. The Hall–Kier alpha value is -2.50. The van der Waals surface area contributed by atoms with Crippen molar-refractivity contribution >= 4 is 11.8 Å². The highest BCUT2D eigenvalue weighted by atomic mass is 16.5. The topological polar surface area (TPSA) is 77.8 Å². The van der Waals surface area contributed by atoms with Gasteiger partial charge in [-0.15, -0.1) is 0 Å². The first-order chi connectivity index (χ1) is 10.3.